The predicted octanol–water partition coefficient (Wildman–Crippen LogP) is 2.71. The molecule has 3 atom stereocenters. The summed E-state index contributed by atoms with van der Waals surface area (Å²) in [5, 5.41) is 0. The minimum absolute atomic E-state index is 0.00242. The first-order valence-corrected chi connectivity index (χ1v) is 14.6. The summed E-state index contributed by atoms with van der Waals surface area (Å²) in [4.78, 5) is 19.3. The zero-order chi connectivity index (χ0) is 27.7. The Bertz CT molecular complexity index is 1440. The summed E-state index contributed by atoms with van der Waals surface area (Å²) in [6.07, 6.45) is 2.45. The van der Waals surface area contributed by atoms with Crippen LogP contribution >= 0.6 is 0 Å². The van der Waals surface area contributed by atoms with Crippen LogP contribution in [-0.4, -0.2) is 79.0 Å². The second-order valence-corrected chi connectivity index (χ2v) is 12.1. The van der Waals surface area contributed by atoms with E-state index in [4.69, 9.17) is 15.5 Å². The van der Waals surface area contributed by atoms with E-state index in [1.165, 1.54) is 0 Å². The van der Waals surface area contributed by atoms with Gasteiger partial charge in [0.2, 0.25) is 15.9 Å². The Balaban J connectivity index is 1.34. The quantitative estimate of drug-likeness (QED) is 0.424. The molecule has 2 N–H and O–H groups in total. The molecule has 0 radical (unpaired) electrons. The molecule has 0 saturated carbocycles. The van der Waals surface area contributed by atoms with Gasteiger partial charge in [-0.3, -0.25) is 4.79 Å². The van der Waals surface area contributed by atoms with Crippen LogP contribution in [0.2, 0.25) is 0 Å². The number of likely N-dealkylation sites (tertiary alicyclic amines) is 1. The summed E-state index contributed by atoms with van der Waals surface area (Å²) in [5.41, 5.74) is 8.18. The van der Waals surface area contributed by atoms with Crippen LogP contribution in [0.5, 0.6) is 0 Å². The summed E-state index contributed by atoms with van der Waals surface area (Å²) in [7, 11) is -2.84. The van der Waals surface area contributed by atoms with Crippen molar-refractivity contribution >= 4 is 27.0 Å². The summed E-state index contributed by atoms with van der Waals surface area (Å²) >= 11 is 0. The van der Waals surface area contributed by atoms with Crippen LogP contribution in [0.3, 0.4) is 0 Å². The molecule has 2 aliphatic heterocycles. The number of aryl methyl sites for hydroxylation is 1. The number of imidazole rings is 1. The second-order valence-electron chi connectivity index (χ2n) is 10.2. The van der Waals surface area contributed by atoms with Crippen LogP contribution in [0.15, 0.2) is 47.4 Å². The lowest BCUT2D eigenvalue weighted by Crippen LogP contribution is -2.47. The number of nitrogens with zero attached hydrogens (tertiary/aromatic N) is 4. The van der Waals surface area contributed by atoms with Crippen LogP contribution < -0.4 is 5.73 Å². The standard InChI is InChI=1S/C27H33F2N5O4S/c1-38-14-6-13-34-24-11-3-2-10-23(24)31-26(34)18-7-5-12-32(15-18)27(35)19-16-33(17-22(19)30)39(36,37)25-20(28)8-4-9-21(25)29/h2-4,8-11,18-19,22H,5-7,12-17,30H2,1H3/t18-,19-,22-/m1/s1. The molecule has 5 rings (SSSR count). The number of ether oxygens (including phenoxy) is 1. The maximum Gasteiger partial charge on any atom is 0.249 e. The number of carbonyl (C=O) groups excluding carboxylic acids is 1. The van der Waals surface area contributed by atoms with Crippen LogP contribution in [0.25, 0.3) is 11.0 Å². The number of nitrogens with two attached hydrogens (primary N) is 1. The number of aromatic nitrogens is 2. The number of rotatable bonds is 8. The number of benzene rings is 2. The fraction of sp³-hybridized carbons (Fsp3) is 0.481. The lowest BCUT2D eigenvalue weighted by Gasteiger charge is -2.35. The van der Waals surface area contributed by atoms with E-state index in [0.29, 0.717) is 19.7 Å². The number of sulfonamides is 1. The highest BCUT2D eigenvalue weighted by molar-refractivity contribution is 7.89. The van der Waals surface area contributed by atoms with E-state index in [1.807, 2.05) is 24.3 Å². The number of hydrogen-bond acceptors (Lipinski definition) is 6. The number of halogens is 2. The highest BCUT2D eigenvalue weighted by Gasteiger charge is 2.45. The number of fused-ring (bicyclic) bond motifs is 1. The molecule has 9 nitrogen and oxygen atoms in total. The van der Waals surface area contributed by atoms with Gasteiger partial charge in [0.15, 0.2) is 4.90 Å². The molecule has 0 bridgehead atoms. The highest BCUT2D eigenvalue weighted by atomic mass is 32.2. The predicted molar refractivity (Wildman–Crippen MR) is 141 cm³/mol. The van der Waals surface area contributed by atoms with Gasteiger partial charge in [-0.05, 0) is 43.5 Å². The van der Waals surface area contributed by atoms with Gasteiger partial charge in [0.1, 0.15) is 17.5 Å². The largest absolute Gasteiger partial charge is 0.385 e. The molecule has 1 amide bonds. The van der Waals surface area contributed by atoms with E-state index < -0.39 is 38.5 Å². The first kappa shape index (κ1) is 27.6. The van der Waals surface area contributed by atoms with Gasteiger partial charge in [0.25, 0.3) is 0 Å². The van der Waals surface area contributed by atoms with E-state index in [0.717, 1.165) is 65.2 Å². The molecule has 0 spiro atoms. The van der Waals surface area contributed by atoms with Crippen molar-refractivity contribution in [2.24, 2.45) is 11.7 Å². The Hall–Kier alpha value is -2.93. The smallest absolute Gasteiger partial charge is 0.249 e. The Morgan fingerprint density at radius 2 is 1.85 bits per heavy atom. The Kier molecular flexibility index (Phi) is 7.99. The summed E-state index contributed by atoms with van der Waals surface area (Å²) in [5.74, 6) is -2.49. The maximum atomic E-state index is 14.3. The molecule has 210 valence electrons. The summed E-state index contributed by atoms with van der Waals surface area (Å²) in [6, 6.07) is 10.0. The molecule has 39 heavy (non-hydrogen) atoms. The van der Waals surface area contributed by atoms with E-state index >= 15 is 0 Å². The van der Waals surface area contributed by atoms with Gasteiger partial charge < -0.3 is 19.9 Å². The van der Waals surface area contributed by atoms with Crippen LogP contribution in [0, 0.1) is 17.6 Å². The van der Waals surface area contributed by atoms with Crippen molar-refractivity contribution in [2.45, 2.75) is 42.7 Å². The van der Waals surface area contributed by atoms with Gasteiger partial charge in [-0.15, -0.1) is 0 Å². The van der Waals surface area contributed by atoms with Crippen LogP contribution in [0.1, 0.15) is 31.0 Å². The average Bonchev–Trinajstić information content (AvgIpc) is 3.49. The zero-order valence-corrected chi connectivity index (χ0v) is 22.6. The van der Waals surface area contributed by atoms with Crippen molar-refractivity contribution in [3.05, 3.63) is 59.9 Å². The van der Waals surface area contributed by atoms with E-state index in [9.17, 15) is 22.0 Å². The first-order chi connectivity index (χ1) is 18.7. The minimum Gasteiger partial charge on any atom is -0.385 e. The topological polar surface area (TPSA) is 111 Å². The molecule has 2 aromatic carbocycles. The normalized spacial score (nSPS) is 22.6. The van der Waals surface area contributed by atoms with Crippen molar-refractivity contribution in [3.63, 3.8) is 0 Å². The monoisotopic (exact) mass is 561 g/mol. The van der Waals surface area contributed by atoms with Crippen molar-refractivity contribution in [2.75, 3.05) is 39.9 Å². The number of methoxy groups -OCH3 is 1. The maximum absolute atomic E-state index is 14.3. The lowest BCUT2D eigenvalue weighted by molar-refractivity contribution is -0.136. The molecule has 2 aliphatic rings. The molecule has 2 fully saturated rings. The van der Waals surface area contributed by atoms with Gasteiger partial charge in [-0.2, -0.15) is 4.31 Å². The Morgan fingerprint density at radius 1 is 1.10 bits per heavy atom. The molecule has 3 aromatic rings. The van der Waals surface area contributed by atoms with Crippen LogP contribution in [-0.2, 0) is 26.1 Å². The fourth-order valence-corrected chi connectivity index (χ4v) is 7.35. The van der Waals surface area contributed by atoms with E-state index in [-0.39, 0.29) is 24.9 Å². The van der Waals surface area contributed by atoms with Gasteiger partial charge in [-0.1, -0.05) is 18.2 Å². The lowest BCUT2D eigenvalue weighted by atomic mass is 9.94. The molecule has 3 heterocycles. The Morgan fingerprint density at radius 3 is 2.59 bits per heavy atom. The molecule has 0 unspecified atom stereocenters. The SMILES string of the molecule is COCCCn1c([C@@H]2CCCN(C(=O)[C@@H]3CN(S(=O)(=O)c4c(F)cccc4F)C[C@H]3N)C2)nc2ccccc21. The van der Waals surface area contributed by atoms with E-state index in [2.05, 4.69) is 4.57 Å². The van der Waals surface area contributed by atoms with E-state index in [1.54, 1.807) is 12.0 Å². The Labute approximate surface area is 226 Å². The third-order valence-electron chi connectivity index (χ3n) is 7.68. The van der Waals surface area contributed by atoms with Crippen molar-refractivity contribution in [1.82, 2.24) is 18.8 Å². The van der Waals surface area contributed by atoms with Crippen LogP contribution in [0.4, 0.5) is 8.78 Å². The molecule has 1 aromatic heterocycles. The first-order valence-electron chi connectivity index (χ1n) is 13.1. The summed E-state index contributed by atoms with van der Waals surface area (Å²) in [6.45, 7) is 1.89. The third-order valence-corrected chi connectivity index (χ3v) is 9.56. The minimum atomic E-state index is -4.51. The summed E-state index contributed by atoms with van der Waals surface area (Å²) < 4.78 is 63.1. The number of hydrogen-bond donors (Lipinski definition) is 1. The molecule has 2 saturated heterocycles. The van der Waals surface area contributed by atoms with Gasteiger partial charge in [-0.25, -0.2) is 22.2 Å². The molecule has 0 aliphatic carbocycles. The highest BCUT2D eigenvalue weighted by Crippen LogP contribution is 2.33. The molecule has 12 heteroatoms. The molecular weight excluding hydrogens is 528 g/mol. The van der Waals surface area contributed by atoms with Gasteiger partial charge in [0, 0.05) is 58.4 Å². The fourth-order valence-electron chi connectivity index (χ4n) is 5.74. The number of piperidine rings is 1. The number of amides is 1. The van der Waals surface area contributed by atoms with Gasteiger partial charge in [0.05, 0.1) is 17.0 Å². The molecular formula is C27H33F2N5O4S. The zero-order valence-electron chi connectivity index (χ0n) is 21.8. The van der Waals surface area contributed by atoms with Crippen molar-refractivity contribution in [1.29, 1.82) is 0 Å². The van der Waals surface area contributed by atoms with Gasteiger partial charge >= 0.3 is 0 Å². The van der Waals surface area contributed by atoms with Crippen molar-refractivity contribution in [3.8, 4) is 0 Å². The average molecular weight is 562 g/mol. The van der Waals surface area contributed by atoms with Crippen molar-refractivity contribution < 1.29 is 26.7 Å². The number of para-hydroxylation sites is 2. The second kappa shape index (κ2) is 11.3. The number of carbonyl (C=O) groups is 1. The third kappa shape index (κ3) is 5.30.